The van der Waals surface area contributed by atoms with E-state index in [0.29, 0.717) is 12.2 Å². The average Bonchev–Trinajstić information content (AvgIpc) is 2.65. The van der Waals surface area contributed by atoms with Crippen LogP contribution in [-0.4, -0.2) is 30.9 Å². The zero-order chi connectivity index (χ0) is 12.6. The molecule has 1 unspecified atom stereocenters. The van der Waals surface area contributed by atoms with Gasteiger partial charge in [0.05, 0.1) is 0 Å². The Morgan fingerprint density at radius 2 is 2.25 bits per heavy atom. The number of esters is 1. The van der Waals surface area contributed by atoms with Gasteiger partial charge in [-0.3, -0.25) is 14.5 Å². The van der Waals surface area contributed by atoms with Gasteiger partial charge in [-0.25, -0.2) is 4.98 Å². The molecule has 1 rings (SSSR count). The molecule has 0 aliphatic carbocycles. The maximum absolute atomic E-state index is 10.6. The van der Waals surface area contributed by atoms with Crippen LogP contribution in [0.4, 0.5) is 0 Å². The first-order chi connectivity index (χ1) is 7.47. The maximum atomic E-state index is 10.6. The summed E-state index contributed by atoms with van der Waals surface area (Å²) < 4.78 is 13.7. The SMILES string of the molecule is CCC(OC(C)=O)c1nc[nH]n1.O=[PH](O)O. The molecule has 92 valence electrons. The predicted molar refractivity (Wildman–Crippen MR) is 54.6 cm³/mol. The average molecular weight is 251 g/mol. The number of carbonyl (C=O) groups excluding carboxylic acids is 1. The Balaban J connectivity index is 0.000000487. The van der Waals surface area contributed by atoms with E-state index < -0.39 is 8.25 Å². The summed E-state index contributed by atoms with van der Waals surface area (Å²) in [7, 11) is -3.13. The highest BCUT2D eigenvalue weighted by Gasteiger charge is 2.15. The Morgan fingerprint density at radius 1 is 1.69 bits per heavy atom. The summed E-state index contributed by atoms with van der Waals surface area (Å²) in [5.74, 6) is 0.208. The highest BCUT2D eigenvalue weighted by Crippen LogP contribution is 2.15. The van der Waals surface area contributed by atoms with Crippen LogP contribution in [0.2, 0.25) is 0 Å². The normalized spacial score (nSPS) is 11.6. The van der Waals surface area contributed by atoms with Crippen molar-refractivity contribution in [1.29, 1.82) is 0 Å². The summed E-state index contributed by atoms with van der Waals surface area (Å²) in [4.78, 5) is 28.8. The summed E-state index contributed by atoms with van der Waals surface area (Å²) in [5, 5.41) is 6.39. The number of carbonyl (C=O) groups is 1. The zero-order valence-corrected chi connectivity index (χ0v) is 9.88. The van der Waals surface area contributed by atoms with Crippen molar-refractivity contribution < 1.29 is 23.9 Å². The second kappa shape index (κ2) is 7.98. The Morgan fingerprint density at radius 3 is 2.56 bits per heavy atom. The van der Waals surface area contributed by atoms with Crippen molar-refractivity contribution in [2.24, 2.45) is 0 Å². The van der Waals surface area contributed by atoms with E-state index in [2.05, 4.69) is 15.2 Å². The summed E-state index contributed by atoms with van der Waals surface area (Å²) in [6.07, 6.45) is 1.81. The van der Waals surface area contributed by atoms with Crippen molar-refractivity contribution in [3.05, 3.63) is 12.2 Å². The van der Waals surface area contributed by atoms with Crippen molar-refractivity contribution in [2.75, 3.05) is 0 Å². The molecule has 0 saturated carbocycles. The van der Waals surface area contributed by atoms with E-state index in [1.165, 1.54) is 13.3 Å². The molecule has 0 aliphatic heterocycles. The van der Waals surface area contributed by atoms with Gasteiger partial charge in [0.1, 0.15) is 6.33 Å². The Bertz CT molecular complexity index is 325. The standard InChI is InChI=1S/C7H11N3O2.H3O3P/c1-3-6(12-5(2)11)7-8-4-9-10-7;1-4(2)3/h4,6H,3H2,1-2H3,(H,8,9,10);4H,(H2,1,2,3). The number of H-pyrrole nitrogens is 1. The molecule has 3 N–H and O–H groups in total. The number of rotatable bonds is 3. The van der Waals surface area contributed by atoms with Crippen LogP contribution in [-0.2, 0) is 14.1 Å². The third-order valence-electron chi connectivity index (χ3n) is 1.40. The molecule has 16 heavy (non-hydrogen) atoms. The van der Waals surface area contributed by atoms with Gasteiger partial charge in [0, 0.05) is 6.92 Å². The van der Waals surface area contributed by atoms with Crippen molar-refractivity contribution in [1.82, 2.24) is 15.2 Å². The zero-order valence-electron chi connectivity index (χ0n) is 8.88. The third-order valence-corrected chi connectivity index (χ3v) is 1.40. The fourth-order valence-corrected chi connectivity index (χ4v) is 0.893. The van der Waals surface area contributed by atoms with Gasteiger partial charge in [0.25, 0.3) is 0 Å². The minimum Gasteiger partial charge on any atom is -0.454 e. The quantitative estimate of drug-likeness (QED) is 0.516. The van der Waals surface area contributed by atoms with Gasteiger partial charge in [-0.05, 0) is 6.42 Å². The molecule has 1 atom stereocenters. The number of ether oxygens (including phenoxy) is 1. The Hall–Kier alpha value is -1.24. The second-order valence-corrected chi connectivity index (χ2v) is 3.21. The highest BCUT2D eigenvalue weighted by atomic mass is 31.1. The molecular weight excluding hydrogens is 237 g/mol. The molecule has 0 spiro atoms. The highest BCUT2D eigenvalue weighted by molar-refractivity contribution is 7.30. The van der Waals surface area contributed by atoms with Crippen LogP contribution in [0.25, 0.3) is 0 Å². The van der Waals surface area contributed by atoms with Crippen molar-refractivity contribution >= 4 is 14.2 Å². The number of nitrogens with one attached hydrogen (secondary N) is 1. The van der Waals surface area contributed by atoms with Gasteiger partial charge >= 0.3 is 14.2 Å². The number of hydrogen-bond acceptors (Lipinski definition) is 5. The molecule has 0 bridgehead atoms. The maximum Gasteiger partial charge on any atom is 0.314 e. The summed E-state index contributed by atoms with van der Waals surface area (Å²) in [5.41, 5.74) is 0. The van der Waals surface area contributed by atoms with Crippen LogP contribution in [0, 0.1) is 0 Å². The minimum absolute atomic E-state index is 0.313. The van der Waals surface area contributed by atoms with Gasteiger partial charge in [-0.1, -0.05) is 6.92 Å². The molecule has 1 aromatic rings. The first kappa shape index (κ1) is 14.8. The predicted octanol–water partition coefficient (Wildman–Crippen LogP) is 0.180. The van der Waals surface area contributed by atoms with Crippen molar-refractivity contribution in [3.63, 3.8) is 0 Å². The number of aromatic amines is 1. The lowest BCUT2D eigenvalue weighted by Crippen LogP contribution is -2.09. The minimum atomic E-state index is -3.13. The summed E-state index contributed by atoms with van der Waals surface area (Å²) in [6.45, 7) is 3.28. The fourth-order valence-electron chi connectivity index (χ4n) is 0.893. The lowest BCUT2D eigenvalue weighted by atomic mass is 10.2. The molecule has 0 amide bonds. The monoisotopic (exact) mass is 251 g/mol. The molecule has 0 aromatic carbocycles. The van der Waals surface area contributed by atoms with E-state index in [0.717, 1.165) is 0 Å². The van der Waals surface area contributed by atoms with Crippen LogP contribution in [0.15, 0.2) is 6.33 Å². The van der Waals surface area contributed by atoms with E-state index in [4.69, 9.17) is 19.1 Å². The van der Waals surface area contributed by atoms with Gasteiger partial charge in [-0.15, -0.1) is 0 Å². The third kappa shape index (κ3) is 7.10. The number of hydrogen-bond donors (Lipinski definition) is 3. The number of aromatic nitrogens is 3. The molecule has 0 saturated heterocycles. The molecule has 1 aromatic heterocycles. The van der Waals surface area contributed by atoms with E-state index in [1.54, 1.807) is 0 Å². The van der Waals surface area contributed by atoms with E-state index in [-0.39, 0.29) is 12.1 Å². The first-order valence-electron chi connectivity index (χ1n) is 4.42. The van der Waals surface area contributed by atoms with E-state index in [1.807, 2.05) is 6.92 Å². The molecule has 0 radical (unpaired) electrons. The molecule has 1 heterocycles. The van der Waals surface area contributed by atoms with Crippen LogP contribution in [0.3, 0.4) is 0 Å². The Kier molecular flexibility index (Phi) is 7.36. The fraction of sp³-hybridized carbons (Fsp3) is 0.571. The van der Waals surface area contributed by atoms with Crippen molar-refractivity contribution in [3.8, 4) is 0 Å². The molecule has 0 aliphatic rings. The van der Waals surface area contributed by atoms with Crippen LogP contribution < -0.4 is 0 Å². The largest absolute Gasteiger partial charge is 0.454 e. The van der Waals surface area contributed by atoms with E-state index >= 15 is 0 Å². The van der Waals surface area contributed by atoms with Gasteiger partial charge in [0.15, 0.2) is 11.9 Å². The summed E-state index contributed by atoms with van der Waals surface area (Å²) in [6, 6.07) is 0. The lowest BCUT2D eigenvalue weighted by molar-refractivity contribution is -0.147. The van der Waals surface area contributed by atoms with Crippen LogP contribution in [0.1, 0.15) is 32.2 Å². The van der Waals surface area contributed by atoms with Crippen molar-refractivity contribution in [2.45, 2.75) is 26.4 Å². The topological polar surface area (TPSA) is 125 Å². The smallest absolute Gasteiger partial charge is 0.314 e. The van der Waals surface area contributed by atoms with Crippen LogP contribution >= 0.6 is 8.25 Å². The molecule has 8 nitrogen and oxygen atoms in total. The van der Waals surface area contributed by atoms with Gasteiger partial charge < -0.3 is 14.5 Å². The van der Waals surface area contributed by atoms with Gasteiger partial charge in [0.2, 0.25) is 0 Å². The lowest BCUT2D eigenvalue weighted by Gasteiger charge is -2.10. The summed E-state index contributed by atoms with van der Waals surface area (Å²) >= 11 is 0. The van der Waals surface area contributed by atoms with E-state index in [9.17, 15) is 4.79 Å². The number of nitrogens with zero attached hydrogens (tertiary/aromatic N) is 2. The second-order valence-electron chi connectivity index (χ2n) is 2.65. The Labute approximate surface area is 92.6 Å². The molecule has 0 fully saturated rings. The first-order valence-corrected chi connectivity index (χ1v) is 5.72. The van der Waals surface area contributed by atoms with Gasteiger partial charge in [-0.2, -0.15) is 5.10 Å². The van der Waals surface area contributed by atoms with Crippen LogP contribution in [0.5, 0.6) is 0 Å². The molecular formula is C7H14N3O5P. The molecule has 9 heteroatoms.